The Kier molecular flexibility index (Phi) is 3.59. The van der Waals surface area contributed by atoms with Gasteiger partial charge in [0.15, 0.2) is 11.6 Å². The highest BCUT2D eigenvalue weighted by atomic mass is 16.3. The van der Waals surface area contributed by atoms with Gasteiger partial charge in [0.05, 0.1) is 6.20 Å². The zero-order valence-corrected chi connectivity index (χ0v) is 12.8. The molecule has 0 radical (unpaired) electrons. The van der Waals surface area contributed by atoms with Crippen molar-refractivity contribution in [2.45, 2.75) is 6.54 Å². The third-order valence-electron chi connectivity index (χ3n) is 4.32. The van der Waals surface area contributed by atoms with Crippen LogP contribution < -0.4 is 4.90 Å². The van der Waals surface area contributed by atoms with Crippen molar-refractivity contribution < 1.29 is 5.11 Å². The van der Waals surface area contributed by atoms with Crippen molar-refractivity contribution in [1.29, 1.82) is 0 Å². The van der Waals surface area contributed by atoms with Gasteiger partial charge in [-0.15, -0.1) is 0 Å². The summed E-state index contributed by atoms with van der Waals surface area (Å²) in [5.74, 6) is 0.779. The third kappa shape index (κ3) is 2.85. The van der Waals surface area contributed by atoms with Gasteiger partial charge in [0.2, 0.25) is 0 Å². The van der Waals surface area contributed by atoms with Crippen molar-refractivity contribution >= 4 is 16.7 Å². The van der Waals surface area contributed by atoms with Crippen molar-refractivity contribution in [3.63, 3.8) is 0 Å². The number of hydrogen-bond donors (Lipinski definition) is 2. The van der Waals surface area contributed by atoms with E-state index in [-0.39, 0.29) is 5.75 Å². The second-order valence-corrected chi connectivity index (χ2v) is 5.88. The Balaban J connectivity index is 1.41. The summed E-state index contributed by atoms with van der Waals surface area (Å²) in [5.41, 5.74) is 2.43. The van der Waals surface area contributed by atoms with E-state index in [1.54, 1.807) is 0 Å². The van der Waals surface area contributed by atoms with Gasteiger partial charge in [-0.1, -0.05) is 18.2 Å². The molecule has 6 nitrogen and oxygen atoms in total. The molecule has 2 aromatic heterocycles. The van der Waals surface area contributed by atoms with Gasteiger partial charge < -0.3 is 15.0 Å². The summed E-state index contributed by atoms with van der Waals surface area (Å²) in [6.45, 7) is 4.51. The smallest absolute Gasteiger partial charge is 0.177 e. The molecule has 1 saturated heterocycles. The van der Waals surface area contributed by atoms with Crippen molar-refractivity contribution in [3.8, 4) is 5.75 Å². The summed E-state index contributed by atoms with van der Waals surface area (Å²) in [6.07, 6.45) is 2.92. The predicted octanol–water partition coefficient (Wildman–Crippen LogP) is 1.99. The van der Waals surface area contributed by atoms with E-state index in [1.807, 2.05) is 0 Å². The topological polar surface area (TPSA) is 68.3 Å². The average molecular weight is 309 g/mol. The molecule has 2 N–H and O–H groups in total. The number of rotatable bonds is 3. The number of nitrogens with zero attached hydrogens (tertiary/aromatic N) is 4. The van der Waals surface area contributed by atoms with Crippen LogP contribution in [0.1, 0.15) is 5.69 Å². The Hall–Kier alpha value is -2.60. The molecule has 0 aliphatic carbocycles. The number of piperazine rings is 1. The number of aromatic nitrogens is 3. The highest BCUT2D eigenvalue weighted by molar-refractivity contribution is 5.80. The van der Waals surface area contributed by atoms with Crippen LogP contribution in [-0.4, -0.2) is 51.1 Å². The molecule has 0 saturated carbocycles. The number of benzene rings is 1. The SMILES string of the molecule is Oc1cncnc1N1CCN(Cc2cc3ccccc3[nH]2)CC1. The summed E-state index contributed by atoms with van der Waals surface area (Å²) in [5, 5.41) is 11.1. The Morgan fingerprint density at radius 1 is 1.13 bits per heavy atom. The minimum absolute atomic E-state index is 0.150. The fourth-order valence-electron chi connectivity index (χ4n) is 3.14. The summed E-state index contributed by atoms with van der Waals surface area (Å²) in [7, 11) is 0. The van der Waals surface area contributed by atoms with E-state index in [1.165, 1.54) is 29.1 Å². The molecule has 0 atom stereocenters. The van der Waals surface area contributed by atoms with Crippen LogP contribution in [0.25, 0.3) is 10.9 Å². The van der Waals surface area contributed by atoms with Crippen LogP contribution in [0.15, 0.2) is 42.9 Å². The molecule has 0 bridgehead atoms. The normalized spacial score (nSPS) is 16.1. The van der Waals surface area contributed by atoms with Crippen LogP contribution >= 0.6 is 0 Å². The molecular formula is C17H19N5O. The second-order valence-electron chi connectivity index (χ2n) is 5.88. The average Bonchev–Trinajstić information content (AvgIpc) is 2.98. The quantitative estimate of drug-likeness (QED) is 0.774. The Morgan fingerprint density at radius 2 is 1.96 bits per heavy atom. The van der Waals surface area contributed by atoms with Gasteiger partial charge in [-0.2, -0.15) is 0 Å². The first-order valence-corrected chi connectivity index (χ1v) is 7.82. The lowest BCUT2D eigenvalue weighted by atomic mass is 10.2. The zero-order chi connectivity index (χ0) is 15.6. The fourth-order valence-corrected chi connectivity index (χ4v) is 3.14. The maximum absolute atomic E-state index is 9.86. The highest BCUT2D eigenvalue weighted by Crippen LogP contribution is 2.24. The summed E-state index contributed by atoms with van der Waals surface area (Å²) in [4.78, 5) is 16.0. The molecule has 0 unspecified atom stereocenters. The maximum Gasteiger partial charge on any atom is 0.177 e. The molecule has 1 aromatic carbocycles. The molecule has 0 amide bonds. The van der Waals surface area contributed by atoms with Crippen LogP contribution in [0.4, 0.5) is 5.82 Å². The van der Waals surface area contributed by atoms with E-state index < -0.39 is 0 Å². The molecule has 1 aliphatic rings. The van der Waals surface area contributed by atoms with Gasteiger partial charge in [0.25, 0.3) is 0 Å². The van der Waals surface area contributed by atoms with Crippen molar-refractivity contribution in [2.24, 2.45) is 0 Å². The van der Waals surface area contributed by atoms with Crippen LogP contribution in [0.2, 0.25) is 0 Å². The van der Waals surface area contributed by atoms with Gasteiger partial charge in [-0.25, -0.2) is 9.97 Å². The largest absolute Gasteiger partial charge is 0.503 e. The van der Waals surface area contributed by atoms with Crippen LogP contribution in [0, 0.1) is 0 Å². The van der Waals surface area contributed by atoms with Crippen LogP contribution in [0.3, 0.4) is 0 Å². The Labute approximate surface area is 134 Å². The Morgan fingerprint density at radius 3 is 2.74 bits per heavy atom. The van der Waals surface area contributed by atoms with Crippen LogP contribution in [0.5, 0.6) is 5.75 Å². The summed E-state index contributed by atoms with van der Waals surface area (Å²) in [6, 6.07) is 10.6. The van der Waals surface area contributed by atoms with E-state index in [9.17, 15) is 5.11 Å². The third-order valence-corrected chi connectivity index (χ3v) is 4.32. The first-order chi connectivity index (χ1) is 11.3. The molecule has 23 heavy (non-hydrogen) atoms. The van der Waals surface area contributed by atoms with Crippen LogP contribution in [-0.2, 0) is 6.54 Å². The second kappa shape index (κ2) is 5.89. The number of anilines is 1. The van der Waals surface area contributed by atoms with Crippen molar-refractivity contribution in [3.05, 3.63) is 48.5 Å². The predicted molar refractivity (Wildman–Crippen MR) is 89.5 cm³/mol. The number of fused-ring (bicyclic) bond motifs is 1. The minimum atomic E-state index is 0.150. The van der Waals surface area contributed by atoms with Gasteiger partial charge in [-0.05, 0) is 17.5 Å². The van der Waals surface area contributed by atoms with Crippen molar-refractivity contribution in [1.82, 2.24) is 19.9 Å². The van der Waals surface area contributed by atoms with Gasteiger partial charge >= 0.3 is 0 Å². The van der Waals surface area contributed by atoms with E-state index in [0.29, 0.717) is 5.82 Å². The van der Waals surface area contributed by atoms with E-state index in [2.05, 4.69) is 55.1 Å². The molecule has 6 heteroatoms. The number of aromatic hydroxyl groups is 1. The number of hydrogen-bond acceptors (Lipinski definition) is 5. The van der Waals surface area contributed by atoms with Gasteiger partial charge in [0.1, 0.15) is 6.33 Å². The molecule has 4 rings (SSSR count). The molecule has 1 fully saturated rings. The van der Waals surface area contributed by atoms with Crippen molar-refractivity contribution in [2.75, 3.05) is 31.1 Å². The molecule has 0 spiro atoms. The number of para-hydroxylation sites is 1. The Bertz CT molecular complexity index is 774. The maximum atomic E-state index is 9.86. The monoisotopic (exact) mass is 309 g/mol. The van der Waals surface area contributed by atoms with Gasteiger partial charge in [0, 0.05) is 43.9 Å². The van der Waals surface area contributed by atoms with Gasteiger partial charge in [-0.3, -0.25) is 4.90 Å². The lowest BCUT2D eigenvalue weighted by Gasteiger charge is -2.35. The minimum Gasteiger partial charge on any atom is -0.503 e. The van der Waals surface area contributed by atoms with E-state index in [4.69, 9.17) is 0 Å². The van der Waals surface area contributed by atoms with E-state index in [0.717, 1.165) is 32.7 Å². The first kappa shape index (κ1) is 14.0. The molecular weight excluding hydrogens is 290 g/mol. The lowest BCUT2D eigenvalue weighted by molar-refractivity contribution is 0.246. The number of H-pyrrole nitrogens is 1. The van der Waals surface area contributed by atoms with E-state index >= 15 is 0 Å². The molecule has 1 aliphatic heterocycles. The zero-order valence-electron chi connectivity index (χ0n) is 12.8. The summed E-state index contributed by atoms with van der Waals surface area (Å²) < 4.78 is 0. The number of nitrogens with one attached hydrogen (secondary N) is 1. The first-order valence-electron chi connectivity index (χ1n) is 7.82. The fraction of sp³-hybridized carbons (Fsp3) is 0.294. The number of aromatic amines is 1. The molecule has 3 heterocycles. The molecule has 3 aromatic rings. The standard InChI is InChI=1S/C17H19N5O/c23-16-10-18-12-19-17(16)22-7-5-21(6-8-22)11-14-9-13-3-1-2-4-15(13)20-14/h1-4,9-10,12,20,23H,5-8,11H2. The lowest BCUT2D eigenvalue weighted by Crippen LogP contribution is -2.46. The summed E-state index contributed by atoms with van der Waals surface area (Å²) >= 11 is 0. The molecule has 118 valence electrons. The highest BCUT2D eigenvalue weighted by Gasteiger charge is 2.20.